The summed E-state index contributed by atoms with van der Waals surface area (Å²) < 4.78 is 38.7. The number of H-pyrrole nitrogens is 1. The van der Waals surface area contributed by atoms with Crippen LogP contribution < -0.4 is 5.32 Å². The van der Waals surface area contributed by atoms with E-state index in [-0.39, 0.29) is 17.9 Å². The largest absolute Gasteiger partial charge is 0.416 e. The van der Waals surface area contributed by atoms with Crippen molar-refractivity contribution in [3.05, 3.63) is 65.5 Å². The molecule has 4 rings (SSSR count). The maximum absolute atomic E-state index is 12.9. The number of nitrogens with zero attached hydrogens (tertiary/aromatic N) is 2. The van der Waals surface area contributed by atoms with Gasteiger partial charge in [-0.3, -0.25) is 9.69 Å². The average Bonchev–Trinajstić information content (AvgIpc) is 3.19. The van der Waals surface area contributed by atoms with E-state index >= 15 is 0 Å². The molecule has 1 aliphatic heterocycles. The molecule has 1 saturated heterocycles. The lowest BCUT2D eigenvalue weighted by molar-refractivity contribution is -0.137. The normalized spacial score (nSPS) is 16.9. The Balaban J connectivity index is 1.24. The second kappa shape index (κ2) is 9.32. The summed E-state index contributed by atoms with van der Waals surface area (Å²) in [4.78, 5) is 22.5. The van der Waals surface area contributed by atoms with Crippen molar-refractivity contribution in [3.63, 3.8) is 0 Å². The molecular weight excluding hydrogens is 417 g/mol. The molecule has 32 heavy (non-hydrogen) atoms. The number of rotatable bonds is 6. The minimum absolute atomic E-state index is 0.00529. The lowest BCUT2D eigenvalue weighted by atomic mass is 9.92. The number of imidazole rings is 1. The van der Waals surface area contributed by atoms with E-state index in [9.17, 15) is 18.0 Å². The third-order valence-corrected chi connectivity index (χ3v) is 6.04. The minimum Gasteiger partial charge on any atom is -0.346 e. The van der Waals surface area contributed by atoms with Gasteiger partial charge in [-0.2, -0.15) is 13.2 Å². The molecule has 1 atom stereocenters. The number of alkyl halides is 3. The number of aromatic amines is 1. The van der Waals surface area contributed by atoms with Crippen LogP contribution in [0.5, 0.6) is 0 Å². The number of benzene rings is 2. The number of hydrogen-bond acceptors (Lipinski definition) is 3. The number of fused-ring (bicyclic) bond motifs is 1. The minimum atomic E-state index is -4.32. The summed E-state index contributed by atoms with van der Waals surface area (Å²) in [6.07, 6.45) is -2.17. The van der Waals surface area contributed by atoms with Gasteiger partial charge in [0.2, 0.25) is 5.91 Å². The molecule has 5 nitrogen and oxygen atoms in total. The molecule has 8 heteroatoms. The van der Waals surface area contributed by atoms with Crippen LogP contribution in [0.2, 0.25) is 0 Å². The average molecular weight is 445 g/mol. The van der Waals surface area contributed by atoms with E-state index in [0.29, 0.717) is 18.5 Å². The van der Waals surface area contributed by atoms with Crippen LogP contribution in [0.1, 0.15) is 49.2 Å². The highest BCUT2D eigenvalue weighted by Crippen LogP contribution is 2.30. The number of para-hydroxylation sites is 2. The van der Waals surface area contributed by atoms with Gasteiger partial charge in [0.25, 0.3) is 0 Å². The first-order valence-corrected chi connectivity index (χ1v) is 10.9. The first kappa shape index (κ1) is 22.3. The fourth-order valence-corrected chi connectivity index (χ4v) is 4.26. The second-order valence-electron chi connectivity index (χ2n) is 8.55. The number of aromatic nitrogens is 2. The van der Waals surface area contributed by atoms with Crippen LogP contribution in [0.25, 0.3) is 11.0 Å². The molecule has 3 aromatic rings. The molecule has 0 radical (unpaired) electrons. The molecule has 1 unspecified atom stereocenters. The molecule has 1 fully saturated rings. The Morgan fingerprint density at radius 2 is 1.94 bits per heavy atom. The molecule has 2 N–H and O–H groups in total. The van der Waals surface area contributed by atoms with Gasteiger partial charge < -0.3 is 10.3 Å². The molecule has 0 saturated carbocycles. The molecule has 170 valence electrons. The van der Waals surface area contributed by atoms with E-state index in [1.807, 2.05) is 31.2 Å². The van der Waals surface area contributed by atoms with Crippen molar-refractivity contribution in [2.24, 2.45) is 5.92 Å². The third kappa shape index (κ3) is 5.48. The number of carbonyl (C=O) groups excluding carboxylic acids is 1. The predicted molar refractivity (Wildman–Crippen MR) is 117 cm³/mol. The summed E-state index contributed by atoms with van der Waals surface area (Å²) in [5.74, 6) is 1.00. The van der Waals surface area contributed by atoms with Crippen molar-refractivity contribution >= 4 is 16.9 Å². The quantitative estimate of drug-likeness (QED) is 0.559. The van der Waals surface area contributed by atoms with Gasteiger partial charge >= 0.3 is 6.18 Å². The van der Waals surface area contributed by atoms with Crippen molar-refractivity contribution < 1.29 is 18.0 Å². The molecule has 1 amide bonds. The van der Waals surface area contributed by atoms with Gasteiger partial charge in [0, 0.05) is 13.0 Å². The highest BCUT2D eigenvalue weighted by atomic mass is 19.4. The second-order valence-corrected chi connectivity index (χ2v) is 8.55. The standard InChI is InChI=1S/C24H27F3N4O/c1-16(23-29-20-7-2-3-8-21(20)30-23)28-22(32)14-17-9-11-31(12-10-17)15-18-5-4-6-19(13-18)24(25,26)27/h2-8,13,16-17H,9-12,14-15H2,1H3,(H,28,32)(H,29,30). The Kier molecular flexibility index (Phi) is 6.50. The fraction of sp³-hybridized carbons (Fsp3) is 0.417. The van der Waals surface area contributed by atoms with E-state index in [1.165, 1.54) is 12.1 Å². The number of nitrogens with one attached hydrogen (secondary N) is 2. The Morgan fingerprint density at radius 3 is 2.66 bits per heavy atom. The summed E-state index contributed by atoms with van der Waals surface area (Å²) in [6, 6.07) is 13.0. The van der Waals surface area contributed by atoms with E-state index in [2.05, 4.69) is 20.2 Å². The predicted octanol–water partition coefficient (Wildman–Crippen LogP) is 5.06. The highest BCUT2D eigenvalue weighted by molar-refractivity contribution is 5.77. The summed E-state index contributed by atoms with van der Waals surface area (Å²) in [7, 11) is 0. The van der Waals surface area contributed by atoms with Crippen LogP contribution >= 0.6 is 0 Å². The summed E-state index contributed by atoms with van der Waals surface area (Å²) in [5.41, 5.74) is 1.87. The molecular formula is C24H27F3N4O. The van der Waals surface area contributed by atoms with E-state index in [1.54, 1.807) is 6.07 Å². The number of likely N-dealkylation sites (tertiary alicyclic amines) is 1. The van der Waals surface area contributed by atoms with Crippen LogP contribution in [-0.4, -0.2) is 33.9 Å². The smallest absolute Gasteiger partial charge is 0.346 e. The van der Waals surface area contributed by atoms with Gasteiger partial charge in [-0.15, -0.1) is 0 Å². The van der Waals surface area contributed by atoms with Crippen LogP contribution in [-0.2, 0) is 17.5 Å². The van der Waals surface area contributed by atoms with Gasteiger partial charge in [0.05, 0.1) is 22.6 Å². The zero-order valence-corrected chi connectivity index (χ0v) is 18.0. The van der Waals surface area contributed by atoms with Crippen molar-refractivity contribution in [2.45, 2.75) is 44.9 Å². The Bertz CT molecular complexity index is 1040. The first-order chi connectivity index (χ1) is 15.3. The Morgan fingerprint density at radius 1 is 1.19 bits per heavy atom. The summed E-state index contributed by atoms with van der Waals surface area (Å²) in [5, 5.41) is 3.02. The zero-order chi connectivity index (χ0) is 22.7. The van der Waals surface area contributed by atoms with Gasteiger partial charge in [0.1, 0.15) is 5.82 Å². The molecule has 0 aliphatic carbocycles. The van der Waals surface area contributed by atoms with Crippen molar-refractivity contribution in [1.82, 2.24) is 20.2 Å². The summed E-state index contributed by atoms with van der Waals surface area (Å²) in [6.45, 7) is 3.94. The molecule has 1 aliphatic rings. The van der Waals surface area contributed by atoms with Crippen LogP contribution in [0.3, 0.4) is 0 Å². The van der Waals surface area contributed by atoms with Crippen LogP contribution in [0, 0.1) is 5.92 Å². The lowest BCUT2D eigenvalue weighted by Gasteiger charge is -2.32. The number of amides is 1. The lowest BCUT2D eigenvalue weighted by Crippen LogP contribution is -2.36. The van der Waals surface area contributed by atoms with Gasteiger partial charge in [0.15, 0.2) is 0 Å². The SMILES string of the molecule is CC(NC(=O)CC1CCN(Cc2cccc(C(F)(F)F)c2)CC1)c1nc2ccccc2[nH]1. The maximum atomic E-state index is 12.9. The van der Waals surface area contributed by atoms with E-state index < -0.39 is 11.7 Å². The zero-order valence-electron chi connectivity index (χ0n) is 18.0. The molecule has 0 bridgehead atoms. The third-order valence-electron chi connectivity index (χ3n) is 6.04. The van der Waals surface area contributed by atoms with E-state index in [0.717, 1.165) is 48.9 Å². The van der Waals surface area contributed by atoms with Gasteiger partial charge in [-0.25, -0.2) is 4.98 Å². The topological polar surface area (TPSA) is 61.0 Å². The molecule has 1 aromatic heterocycles. The number of halogens is 3. The number of carbonyl (C=O) groups is 1. The Labute approximate surface area is 185 Å². The first-order valence-electron chi connectivity index (χ1n) is 10.9. The van der Waals surface area contributed by atoms with Gasteiger partial charge in [-0.05, 0) is 62.5 Å². The monoisotopic (exact) mass is 444 g/mol. The molecule has 2 aromatic carbocycles. The van der Waals surface area contributed by atoms with Gasteiger partial charge in [-0.1, -0.05) is 30.3 Å². The van der Waals surface area contributed by atoms with E-state index in [4.69, 9.17) is 0 Å². The van der Waals surface area contributed by atoms with Crippen molar-refractivity contribution in [2.75, 3.05) is 13.1 Å². The Hall–Kier alpha value is -2.87. The molecule has 2 heterocycles. The number of hydrogen-bond donors (Lipinski definition) is 2. The van der Waals surface area contributed by atoms with Crippen molar-refractivity contribution in [3.8, 4) is 0 Å². The maximum Gasteiger partial charge on any atom is 0.416 e. The fourth-order valence-electron chi connectivity index (χ4n) is 4.26. The molecule has 0 spiro atoms. The summed E-state index contributed by atoms with van der Waals surface area (Å²) >= 11 is 0. The highest BCUT2D eigenvalue weighted by Gasteiger charge is 2.30. The number of piperidine rings is 1. The van der Waals surface area contributed by atoms with Crippen molar-refractivity contribution in [1.29, 1.82) is 0 Å². The van der Waals surface area contributed by atoms with Crippen LogP contribution in [0.15, 0.2) is 48.5 Å². The van der Waals surface area contributed by atoms with Crippen LogP contribution in [0.4, 0.5) is 13.2 Å².